The number of rotatable bonds is 6. The van der Waals surface area contributed by atoms with Crippen molar-refractivity contribution in [3.63, 3.8) is 0 Å². The first-order valence-corrected chi connectivity index (χ1v) is 8.10. The Hall–Kier alpha value is -2.62. The largest absolute Gasteiger partial charge is 0.465 e. The van der Waals surface area contributed by atoms with Gasteiger partial charge < -0.3 is 10.1 Å². The van der Waals surface area contributed by atoms with Gasteiger partial charge in [0.1, 0.15) is 0 Å². The summed E-state index contributed by atoms with van der Waals surface area (Å²) >= 11 is 0. The molecule has 0 radical (unpaired) electrons. The molecule has 4 nitrogen and oxygen atoms in total. The fourth-order valence-electron chi connectivity index (χ4n) is 2.51. The molecular weight excluding hydrogens is 302 g/mol. The van der Waals surface area contributed by atoms with E-state index in [2.05, 4.69) is 36.5 Å². The quantitative estimate of drug-likeness (QED) is 0.819. The minimum absolute atomic E-state index is 0.0697. The highest BCUT2D eigenvalue weighted by atomic mass is 16.5. The molecule has 0 aromatic heterocycles. The number of hydrogen-bond donors (Lipinski definition) is 1. The minimum Gasteiger partial charge on any atom is -0.465 e. The van der Waals surface area contributed by atoms with Crippen LogP contribution in [0.1, 0.15) is 40.4 Å². The molecule has 0 fully saturated rings. The molecule has 2 aromatic carbocycles. The molecule has 0 spiro atoms. The summed E-state index contributed by atoms with van der Waals surface area (Å²) in [6, 6.07) is 13.5. The zero-order chi connectivity index (χ0) is 17.5. The molecule has 0 unspecified atom stereocenters. The molecule has 0 saturated heterocycles. The Morgan fingerprint density at radius 1 is 1.04 bits per heavy atom. The van der Waals surface area contributed by atoms with Crippen molar-refractivity contribution >= 4 is 17.6 Å². The molecule has 0 atom stereocenters. The number of nitrogens with one attached hydrogen (secondary N) is 1. The van der Waals surface area contributed by atoms with Gasteiger partial charge in [-0.25, -0.2) is 4.79 Å². The van der Waals surface area contributed by atoms with Crippen molar-refractivity contribution < 1.29 is 14.3 Å². The third kappa shape index (κ3) is 4.44. The maximum absolute atomic E-state index is 12.2. The second-order valence-electron chi connectivity index (χ2n) is 5.69. The predicted octanol–water partition coefficient (Wildman–Crippen LogP) is 3.92. The van der Waals surface area contributed by atoms with E-state index in [9.17, 15) is 9.59 Å². The maximum Gasteiger partial charge on any atom is 0.338 e. The van der Waals surface area contributed by atoms with Crippen LogP contribution in [0, 0.1) is 6.92 Å². The van der Waals surface area contributed by atoms with E-state index in [0.717, 1.165) is 12.0 Å². The Labute approximate surface area is 142 Å². The van der Waals surface area contributed by atoms with E-state index in [0.29, 0.717) is 29.7 Å². The molecule has 24 heavy (non-hydrogen) atoms. The third-order valence-electron chi connectivity index (χ3n) is 4.09. The number of carbonyl (C=O) groups excluding carboxylic acids is 2. The lowest BCUT2D eigenvalue weighted by Crippen LogP contribution is -2.14. The zero-order valence-electron chi connectivity index (χ0n) is 14.4. The summed E-state index contributed by atoms with van der Waals surface area (Å²) in [6.07, 6.45) is 2.09. The Kier molecular flexibility index (Phi) is 6.13. The number of amides is 1. The summed E-state index contributed by atoms with van der Waals surface area (Å²) in [4.78, 5) is 23.9. The van der Waals surface area contributed by atoms with Crippen LogP contribution in [0.2, 0.25) is 0 Å². The number of ether oxygens (including phenoxy) is 1. The lowest BCUT2D eigenvalue weighted by Gasteiger charge is -2.11. The molecule has 0 aliphatic carbocycles. The van der Waals surface area contributed by atoms with Gasteiger partial charge in [0.25, 0.3) is 0 Å². The average Bonchev–Trinajstić information content (AvgIpc) is 2.61. The molecule has 0 bridgehead atoms. The highest BCUT2D eigenvalue weighted by Gasteiger charge is 2.13. The van der Waals surface area contributed by atoms with Crippen molar-refractivity contribution in [3.8, 4) is 0 Å². The average molecular weight is 325 g/mol. The summed E-state index contributed by atoms with van der Waals surface area (Å²) in [5, 5.41) is 2.88. The molecule has 1 amide bonds. The van der Waals surface area contributed by atoms with E-state index >= 15 is 0 Å². The lowest BCUT2D eigenvalue weighted by atomic mass is 10.0. The molecule has 0 aliphatic heterocycles. The number of esters is 1. The smallest absolute Gasteiger partial charge is 0.338 e. The second-order valence-corrected chi connectivity index (χ2v) is 5.69. The fraction of sp³-hybridized carbons (Fsp3) is 0.300. The van der Waals surface area contributed by atoms with Gasteiger partial charge in [-0.1, -0.05) is 37.3 Å². The van der Waals surface area contributed by atoms with Gasteiger partial charge in [0.2, 0.25) is 5.91 Å². The third-order valence-corrected chi connectivity index (χ3v) is 4.09. The maximum atomic E-state index is 12.2. The van der Waals surface area contributed by atoms with Crippen molar-refractivity contribution in [1.82, 2.24) is 0 Å². The fourth-order valence-corrected chi connectivity index (χ4v) is 2.51. The lowest BCUT2D eigenvalue weighted by molar-refractivity contribution is -0.116. The monoisotopic (exact) mass is 325 g/mol. The Bertz CT molecular complexity index is 720. The van der Waals surface area contributed by atoms with Crippen LogP contribution in [0.5, 0.6) is 0 Å². The van der Waals surface area contributed by atoms with Gasteiger partial charge >= 0.3 is 5.97 Å². The van der Waals surface area contributed by atoms with Crippen molar-refractivity contribution in [2.45, 2.75) is 33.1 Å². The van der Waals surface area contributed by atoms with Crippen LogP contribution >= 0.6 is 0 Å². The van der Waals surface area contributed by atoms with Gasteiger partial charge in [-0.05, 0) is 48.6 Å². The molecule has 126 valence electrons. The van der Waals surface area contributed by atoms with E-state index in [1.165, 1.54) is 12.7 Å². The molecular formula is C20H23NO3. The number of methoxy groups -OCH3 is 1. The van der Waals surface area contributed by atoms with Crippen LogP contribution in [-0.4, -0.2) is 19.0 Å². The summed E-state index contributed by atoms with van der Waals surface area (Å²) in [5.41, 5.74) is 4.25. The number of benzene rings is 2. The topological polar surface area (TPSA) is 55.4 Å². The summed E-state index contributed by atoms with van der Waals surface area (Å²) in [6.45, 7) is 3.92. The van der Waals surface area contributed by atoms with Crippen LogP contribution in [-0.2, 0) is 22.4 Å². The number of anilines is 1. The first-order valence-electron chi connectivity index (χ1n) is 8.10. The zero-order valence-corrected chi connectivity index (χ0v) is 14.4. The highest BCUT2D eigenvalue weighted by molar-refractivity contribution is 5.96. The van der Waals surface area contributed by atoms with Gasteiger partial charge in [-0.3, -0.25) is 4.79 Å². The van der Waals surface area contributed by atoms with Crippen LogP contribution in [0.25, 0.3) is 0 Å². The van der Waals surface area contributed by atoms with Gasteiger partial charge in [-0.2, -0.15) is 0 Å². The van der Waals surface area contributed by atoms with Crippen LogP contribution < -0.4 is 5.32 Å². The predicted molar refractivity (Wildman–Crippen MR) is 95.3 cm³/mol. The van der Waals surface area contributed by atoms with E-state index in [4.69, 9.17) is 4.74 Å². The van der Waals surface area contributed by atoms with Gasteiger partial charge in [0, 0.05) is 12.1 Å². The van der Waals surface area contributed by atoms with Crippen molar-refractivity contribution in [2.75, 3.05) is 12.4 Å². The molecule has 0 heterocycles. The van der Waals surface area contributed by atoms with Gasteiger partial charge in [0.15, 0.2) is 0 Å². The normalized spacial score (nSPS) is 10.3. The minimum atomic E-state index is -0.403. The molecule has 2 aromatic rings. The number of hydrogen-bond acceptors (Lipinski definition) is 3. The summed E-state index contributed by atoms with van der Waals surface area (Å²) in [7, 11) is 1.34. The van der Waals surface area contributed by atoms with E-state index in [-0.39, 0.29) is 5.91 Å². The van der Waals surface area contributed by atoms with E-state index in [1.54, 1.807) is 25.1 Å². The Morgan fingerprint density at radius 3 is 2.33 bits per heavy atom. The number of carbonyl (C=O) groups is 2. The number of aryl methyl sites for hydroxylation is 2. The SMILES string of the molecule is CCc1ccc(CCC(=O)Nc2cccc(C(=O)OC)c2C)cc1. The van der Waals surface area contributed by atoms with Crippen LogP contribution in [0.4, 0.5) is 5.69 Å². The van der Waals surface area contributed by atoms with Crippen LogP contribution in [0.3, 0.4) is 0 Å². The second kappa shape index (κ2) is 8.29. The van der Waals surface area contributed by atoms with Crippen molar-refractivity contribution in [1.29, 1.82) is 0 Å². The van der Waals surface area contributed by atoms with E-state index < -0.39 is 5.97 Å². The van der Waals surface area contributed by atoms with E-state index in [1.807, 2.05) is 0 Å². The molecule has 1 N–H and O–H groups in total. The summed E-state index contributed by atoms with van der Waals surface area (Å²) < 4.78 is 4.75. The van der Waals surface area contributed by atoms with Crippen LogP contribution in [0.15, 0.2) is 42.5 Å². The molecule has 0 aliphatic rings. The highest BCUT2D eigenvalue weighted by Crippen LogP contribution is 2.20. The molecule has 4 heteroatoms. The van der Waals surface area contributed by atoms with Crippen molar-refractivity contribution in [3.05, 3.63) is 64.7 Å². The Morgan fingerprint density at radius 2 is 1.71 bits per heavy atom. The standard InChI is InChI=1S/C20H23NO3/c1-4-15-8-10-16(11-9-15)12-13-19(22)21-18-7-5-6-17(14(18)2)20(23)24-3/h5-11H,4,12-13H2,1-3H3,(H,21,22). The first kappa shape index (κ1) is 17.7. The first-order chi connectivity index (χ1) is 11.5. The molecule has 2 rings (SSSR count). The van der Waals surface area contributed by atoms with Gasteiger partial charge in [-0.15, -0.1) is 0 Å². The Balaban J connectivity index is 1.98. The van der Waals surface area contributed by atoms with Gasteiger partial charge in [0.05, 0.1) is 12.7 Å². The molecule has 0 saturated carbocycles. The summed E-state index contributed by atoms with van der Waals surface area (Å²) in [5.74, 6) is -0.473. The van der Waals surface area contributed by atoms with Crippen molar-refractivity contribution in [2.24, 2.45) is 0 Å².